The first-order valence-electron chi connectivity index (χ1n) is 6.87. The Kier molecular flexibility index (Phi) is 6.30. The number of halogens is 1. The van der Waals surface area contributed by atoms with Crippen LogP contribution < -0.4 is 10.6 Å². The van der Waals surface area contributed by atoms with Gasteiger partial charge >= 0.3 is 0 Å². The summed E-state index contributed by atoms with van der Waals surface area (Å²) in [6, 6.07) is 3.66. The molecular formula is C15H23ClN2O2. The molecule has 2 rings (SSSR count). The normalized spacial score (nSPS) is 17.6. The molecule has 3 N–H and O–H groups in total. The fraction of sp³-hybridized carbons (Fsp3) is 0.533. The van der Waals surface area contributed by atoms with E-state index in [1.54, 1.807) is 0 Å². The maximum absolute atomic E-state index is 11.9. The summed E-state index contributed by atoms with van der Waals surface area (Å²) in [5.41, 5.74) is 2.26. The fourth-order valence-electron chi connectivity index (χ4n) is 2.48. The van der Waals surface area contributed by atoms with Gasteiger partial charge in [-0.05, 0) is 57.3 Å². The van der Waals surface area contributed by atoms with E-state index in [4.69, 9.17) is 0 Å². The maximum atomic E-state index is 11.9. The molecule has 112 valence electrons. The molecule has 1 aromatic rings. The third-order valence-corrected chi connectivity index (χ3v) is 3.85. The maximum Gasteiger partial charge on any atom is 0.224 e. The molecular weight excluding hydrogens is 276 g/mol. The van der Waals surface area contributed by atoms with Gasteiger partial charge in [0.1, 0.15) is 5.75 Å². The quantitative estimate of drug-likeness (QED) is 0.801. The monoisotopic (exact) mass is 298 g/mol. The lowest BCUT2D eigenvalue weighted by Gasteiger charge is -2.12. The van der Waals surface area contributed by atoms with Crippen LogP contribution in [0, 0.1) is 19.8 Å². The Morgan fingerprint density at radius 2 is 2.20 bits per heavy atom. The SMILES string of the molecule is Cc1ccc(NC(=O)CCC2CCNC2)c(C)c1O.Cl. The molecule has 1 aromatic carbocycles. The Labute approximate surface area is 126 Å². The Morgan fingerprint density at radius 1 is 1.45 bits per heavy atom. The molecule has 0 spiro atoms. The summed E-state index contributed by atoms with van der Waals surface area (Å²) in [4.78, 5) is 11.9. The standard InChI is InChI=1S/C15H22N2O2.ClH/c1-10-3-5-13(11(2)15(10)19)17-14(18)6-4-12-7-8-16-9-12;/h3,5,12,16,19H,4,6-9H2,1-2H3,(H,17,18);1H. The third kappa shape index (κ3) is 4.12. The third-order valence-electron chi connectivity index (χ3n) is 3.85. The molecule has 1 saturated heterocycles. The number of benzene rings is 1. The first-order chi connectivity index (χ1) is 9.08. The van der Waals surface area contributed by atoms with E-state index in [2.05, 4.69) is 10.6 Å². The zero-order valence-corrected chi connectivity index (χ0v) is 12.8. The van der Waals surface area contributed by atoms with Crippen molar-refractivity contribution in [3.8, 4) is 5.75 Å². The fourth-order valence-corrected chi connectivity index (χ4v) is 2.48. The average molecular weight is 299 g/mol. The topological polar surface area (TPSA) is 61.4 Å². The highest BCUT2D eigenvalue weighted by molar-refractivity contribution is 5.91. The second-order valence-corrected chi connectivity index (χ2v) is 5.35. The van der Waals surface area contributed by atoms with Crippen LogP contribution >= 0.6 is 12.4 Å². The first-order valence-corrected chi connectivity index (χ1v) is 6.87. The Morgan fingerprint density at radius 3 is 2.85 bits per heavy atom. The molecule has 0 aromatic heterocycles. The van der Waals surface area contributed by atoms with Gasteiger partial charge in [-0.15, -0.1) is 12.4 Å². The van der Waals surface area contributed by atoms with Gasteiger partial charge in [0.05, 0.1) is 0 Å². The summed E-state index contributed by atoms with van der Waals surface area (Å²) in [6.07, 6.45) is 2.63. The minimum Gasteiger partial charge on any atom is -0.507 e. The average Bonchev–Trinajstić information content (AvgIpc) is 2.90. The second kappa shape index (κ2) is 7.50. The van der Waals surface area contributed by atoms with Gasteiger partial charge in [0, 0.05) is 17.7 Å². The van der Waals surface area contributed by atoms with Gasteiger partial charge < -0.3 is 15.7 Å². The number of hydrogen-bond donors (Lipinski definition) is 3. The van der Waals surface area contributed by atoms with Crippen molar-refractivity contribution in [1.29, 1.82) is 0 Å². The largest absolute Gasteiger partial charge is 0.507 e. The van der Waals surface area contributed by atoms with Crippen molar-refractivity contribution in [2.75, 3.05) is 18.4 Å². The Hall–Kier alpha value is -1.26. The van der Waals surface area contributed by atoms with Gasteiger partial charge in [0.2, 0.25) is 5.91 Å². The minimum atomic E-state index is 0. The molecule has 0 saturated carbocycles. The van der Waals surface area contributed by atoms with Gasteiger partial charge in [0.25, 0.3) is 0 Å². The number of amides is 1. The summed E-state index contributed by atoms with van der Waals surface area (Å²) in [6.45, 7) is 5.76. The van der Waals surface area contributed by atoms with E-state index in [1.807, 2.05) is 26.0 Å². The molecule has 1 amide bonds. The minimum absolute atomic E-state index is 0. The summed E-state index contributed by atoms with van der Waals surface area (Å²) in [7, 11) is 0. The molecule has 1 aliphatic rings. The van der Waals surface area contributed by atoms with Crippen molar-refractivity contribution in [2.45, 2.75) is 33.1 Å². The Bertz CT molecular complexity index is 471. The highest BCUT2D eigenvalue weighted by Gasteiger charge is 2.16. The van der Waals surface area contributed by atoms with Crippen molar-refractivity contribution in [1.82, 2.24) is 5.32 Å². The number of carbonyl (C=O) groups is 1. The molecule has 4 nitrogen and oxygen atoms in total. The van der Waals surface area contributed by atoms with Crippen molar-refractivity contribution in [3.05, 3.63) is 23.3 Å². The number of carbonyl (C=O) groups excluding carboxylic acids is 1. The molecule has 20 heavy (non-hydrogen) atoms. The van der Waals surface area contributed by atoms with Gasteiger partial charge in [-0.1, -0.05) is 6.07 Å². The number of phenolic OH excluding ortho intramolecular Hbond substituents is 1. The van der Waals surface area contributed by atoms with Gasteiger partial charge in [0.15, 0.2) is 0 Å². The zero-order valence-electron chi connectivity index (χ0n) is 12.0. The molecule has 5 heteroatoms. The van der Waals surface area contributed by atoms with Crippen molar-refractivity contribution >= 4 is 24.0 Å². The van der Waals surface area contributed by atoms with E-state index in [-0.39, 0.29) is 24.1 Å². The number of phenols is 1. The van der Waals surface area contributed by atoms with E-state index in [9.17, 15) is 9.90 Å². The van der Waals surface area contributed by atoms with Crippen LogP contribution in [0.2, 0.25) is 0 Å². The van der Waals surface area contributed by atoms with Crippen LogP contribution in [0.15, 0.2) is 12.1 Å². The second-order valence-electron chi connectivity index (χ2n) is 5.35. The number of anilines is 1. The van der Waals surface area contributed by atoms with Crippen LogP contribution in [0.4, 0.5) is 5.69 Å². The number of rotatable bonds is 4. The highest BCUT2D eigenvalue weighted by Crippen LogP contribution is 2.28. The van der Waals surface area contributed by atoms with E-state index >= 15 is 0 Å². The van der Waals surface area contributed by atoms with Crippen LogP contribution in [-0.2, 0) is 4.79 Å². The molecule has 1 fully saturated rings. The van der Waals surface area contributed by atoms with Crippen LogP contribution in [0.3, 0.4) is 0 Å². The molecule has 0 radical (unpaired) electrons. The van der Waals surface area contributed by atoms with Crippen LogP contribution in [0.25, 0.3) is 0 Å². The number of aromatic hydroxyl groups is 1. The molecule has 0 aliphatic carbocycles. The van der Waals surface area contributed by atoms with E-state index in [0.29, 0.717) is 18.0 Å². The lowest BCUT2D eigenvalue weighted by molar-refractivity contribution is -0.116. The van der Waals surface area contributed by atoms with E-state index in [0.717, 1.165) is 37.1 Å². The van der Waals surface area contributed by atoms with E-state index in [1.165, 1.54) is 0 Å². The molecule has 1 atom stereocenters. The molecule has 1 heterocycles. The molecule has 0 bridgehead atoms. The van der Waals surface area contributed by atoms with Gasteiger partial charge in [-0.3, -0.25) is 4.79 Å². The zero-order chi connectivity index (χ0) is 13.8. The summed E-state index contributed by atoms with van der Waals surface area (Å²) in [5, 5.41) is 16.0. The number of aryl methyl sites for hydroxylation is 1. The first kappa shape index (κ1) is 16.8. The lowest BCUT2D eigenvalue weighted by atomic mass is 10.0. The molecule has 1 unspecified atom stereocenters. The smallest absolute Gasteiger partial charge is 0.224 e. The predicted octanol–water partition coefficient (Wildman–Crippen LogP) is 2.76. The summed E-state index contributed by atoms with van der Waals surface area (Å²) < 4.78 is 0. The molecule has 1 aliphatic heterocycles. The summed E-state index contributed by atoms with van der Waals surface area (Å²) >= 11 is 0. The van der Waals surface area contributed by atoms with Crippen molar-refractivity contribution < 1.29 is 9.90 Å². The van der Waals surface area contributed by atoms with Crippen molar-refractivity contribution in [3.63, 3.8) is 0 Å². The van der Waals surface area contributed by atoms with Crippen LogP contribution in [0.5, 0.6) is 5.75 Å². The van der Waals surface area contributed by atoms with Gasteiger partial charge in [-0.25, -0.2) is 0 Å². The number of hydrogen-bond acceptors (Lipinski definition) is 3. The lowest BCUT2D eigenvalue weighted by Crippen LogP contribution is -2.15. The predicted molar refractivity (Wildman–Crippen MR) is 83.7 cm³/mol. The van der Waals surface area contributed by atoms with Crippen LogP contribution in [-0.4, -0.2) is 24.1 Å². The van der Waals surface area contributed by atoms with Crippen LogP contribution in [0.1, 0.15) is 30.4 Å². The van der Waals surface area contributed by atoms with Crippen molar-refractivity contribution in [2.24, 2.45) is 5.92 Å². The highest BCUT2D eigenvalue weighted by atomic mass is 35.5. The Balaban J connectivity index is 0.00000200. The van der Waals surface area contributed by atoms with E-state index < -0.39 is 0 Å². The van der Waals surface area contributed by atoms with Gasteiger partial charge in [-0.2, -0.15) is 0 Å². The summed E-state index contributed by atoms with van der Waals surface area (Å²) in [5.74, 6) is 0.911. The number of nitrogens with one attached hydrogen (secondary N) is 2.